The normalized spacial score (nSPS) is 15.7. The van der Waals surface area contributed by atoms with Crippen LogP contribution in [0.15, 0.2) is 30.3 Å². The van der Waals surface area contributed by atoms with Gasteiger partial charge in [-0.15, -0.1) is 0 Å². The maximum atomic E-state index is 13.3. The summed E-state index contributed by atoms with van der Waals surface area (Å²) in [6.45, 7) is 2.55. The lowest BCUT2D eigenvalue weighted by Gasteiger charge is -2.20. The second-order valence-corrected chi connectivity index (χ2v) is 6.59. The van der Waals surface area contributed by atoms with E-state index in [0.29, 0.717) is 12.1 Å². The molecule has 1 aliphatic rings. The zero-order valence-electron chi connectivity index (χ0n) is 16.1. The predicted octanol–water partition coefficient (Wildman–Crippen LogP) is 3.36. The molecule has 1 heterocycles. The topological polar surface area (TPSA) is 113 Å². The van der Waals surface area contributed by atoms with Crippen molar-refractivity contribution in [1.82, 2.24) is 0 Å². The molecule has 0 spiro atoms. The monoisotopic (exact) mass is 440 g/mol. The van der Waals surface area contributed by atoms with Gasteiger partial charge in [0, 0.05) is 17.8 Å². The summed E-state index contributed by atoms with van der Waals surface area (Å²) < 4.78 is 51.5. The van der Waals surface area contributed by atoms with Gasteiger partial charge < -0.3 is 15.7 Å². The Balaban J connectivity index is 0.000000220. The first kappa shape index (κ1) is 23.5. The molecule has 2 atom stereocenters. The number of carboxylic acid groups (broad SMARTS) is 1. The molecule has 2 aromatic carbocycles. The summed E-state index contributed by atoms with van der Waals surface area (Å²) in [5, 5.41) is 12.9. The van der Waals surface area contributed by atoms with E-state index in [-0.39, 0.29) is 16.9 Å². The second-order valence-electron chi connectivity index (χ2n) is 6.59. The van der Waals surface area contributed by atoms with Crippen LogP contribution in [-0.4, -0.2) is 28.7 Å². The number of carbonyl (C=O) groups is 4. The molecule has 0 radical (unpaired) electrons. The summed E-state index contributed by atoms with van der Waals surface area (Å²) in [5.41, 5.74) is -0.459. The Morgan fingerprint density at radius 1 is 1.00 bits per heavy atom. The third-order valence-electron chi connectivity index (χ3n) is 4.24. The summed E-state index contributed by atoms with van der Waals surface area (Å²) in [4.78, 5) is 44.4. The predicted molar refractivity (Wildman–Crippen MR) is 100 cm³/mol. The van der Waals surface area contributed by atoms with Gasteiger partial charge in [-0.1, -0.05) is 0 Å². The van der Waals surface area contributed by atoms with Crippen LogP contribution in [0, 0.1) is 35.1 Å². The SMILES string of the molecule is CC(C(=O)O)C(=O)Nc1cc(F)cc(F)c1.CC1C(=O)Nc2cc(F)cc(F)c2C1=O. The lowest BCUT2D eigenvalue weighted by Crippen LogP contribution is -2.34. The summed E-state index contributed by atoms with van der Waals surface area (Å²) in [7, 11) is 0. The van der Waals surface area contributed by atoms with E-state index >= 15 is 0 Å². The van der Waals surface area contributed by atoms with Crippen molar-refractivity contribution in [1.29, 1.82) is 0 Å². The van der Waals surface area contributed by atoms with Crippen molar-refractivity contribution < 1.29 is 41.8 Å². The maximum Gasteiger partial charge on any atom is 0.315 e. The van der Waals surface area contributed by atoms with Gasteiger partial charge in [-0.3, -0.25) is 19.2 Å². The molecule has 3 N–H and O–H groups in total. The average molecular weight is 440 g/mol. The highest BCUT2D eigenvalue weighted by molar-refractivity contribution is 6.20. The van der Waals surface area contributed by atoms with Crippen LogP contribution in [0.25, 0.3) is 0 Å². The van der Waals surface area contributed by atoms with Crippen molar-refractivity contribution in [2.45, 2.75) is 13.8 Å². The van der Waals surface area contributed by atoms with Crippen molar-refractivity contribution in [3.8, 4) is 0 Å². The highest BCUT2D eigenvalue weighted by Gasteiger charge is 2.33. The van der Waals surface area contributed by atoms with Gasteiger partial charge in [0.2, 0.25) is 11.8 Å². The number of nitrogens with one attached hydrogen (secondary N) is 2. The van der Waals surface area contributed by atoms with Gasteiger partial charge >= 0.3 is 5.97 Å². The summed E-state index contributed by atoms with van der Waals surface area (Å²) in [6, 6.07) is 4.00. The molecule has 7 nitrogen and oxygen atoms in total. The van der Waals surface area contributed by atoms with E-state index in [9.17, 15) is 36.7 Å². The van der Waals surface area contributed by atoms with Crippen molar-refractivity contribution in [2.75, 3.05) is 10.6 Å². The molecule has 3 rings (SSSR count). The summed E-state index contributed by atoms with van der Waals surface area (Å²) in [6.07, 6.45) is 0. The maximum absolute atomic E-state index is 13.3. The molecular formula is C20H16F4N2O5. The molecule has 0 fully saturated rings. The van der Waals surface area contributed by atoms with Crippen molar-refractivity contribution in [2.24, 2.45) is 11.8 Å². The van der Waals surface area contributed by atoms with E-state index in [4.69, 9.17) is 5.11 Å². The molecule has 1 aliphatic heterocycles. The minimum Gasteiger partial charge on any atom is -0.481 e. The van der Waals surface area contributed by atoms with Gasteiger partial charge in [0.15, 0.2) is 5.78 Å². The molecule has 11 heteroatoms. The Labute approximate surface area is 173 Å². The van der Waals surface area contributed by atoms with Gasteiger partial charge in [-0.2, -0.15) is 0 Å². The van der Waals surface area contributed by atoms with Crippen LogP contribution in [0.3, 0.4) is 0 Å². The molecular weight excluding hydrogens is 424 g/mol. The number of amides is 2. The largest absolute Gasteiger partial charge is 0.481 e. The third kappa shape index (κ3) is 5.65. The number of ketones is 1. The highest BCUT2D eigenvalue weighted by atomic mass is 19.1. The van der Waals surface area contributed by atoms with Crippen LogP contribution in [0.2, 0.25) is 0 Å². The minimum atomic E-state index is -1.31. The van der Waals surface area contributed by atoms with E-state index in [0.717, 1.165) is 18.2 Å². The Bertz CT molecular complexity index is 1050. The molecule has 164 valence electrons. The lowest BCUT2D eigenvalue weighted by atomic mass is 9.93. The molecule has 0 bridgehead atoms. The molecule has 0 aliphatic carbocycles. The van der Waals surface area contributed by atoms with E-state index in [1.807, 2.05) is 0 Å². The number of hydrogen-bond acceptors (Lipinski definition) is 4. The Kier molecular flexibility index (Phi) is 7.11. The number of Topliss-reactive ketones (excluding diaryl/α,β-unsaturated/α-hetero) is 1. The molecule has 0 saturated carbocycles. The van der Waals surface area contributed by atoms with Crippen LogP contribution < -0.4 is 10.6 Å². The molecule has 31 heavy (non-hydrogen) atoms. The lowest BCUT2D eigenvalue weighted by molar-refractivity contribution is -0.144. The Hall–Kier alpha value is -3.76. The first-order valence-electron chi connectivity index (χ1n) is 8.74. The fraction of sp³-hybridized carbons (Fsp3) is 0.200. The second kappa shape index (κ2) is 9.37. The Morgan fingerprint density at radius 2 is 1.55 bits per heavy atom. The Morgan fingerprint density at radius 3 is 2.10 bits per heavy atom. The summed E-state index contributed by atoms with van der Waals surface area (Å²) in [5.74, 6) is -8.99. The highest BCUT2D eigenvalue weighted by Crippen LogP contribution is 2.28. The van der Waals surface area contributed by atoms with E-state index < -0.39 is 58.7 Å². The number of fused-ring (bicyclic) bond motifs is 1. The number of anilines is 2. The van der Waals surface area contributed by atoms with Gasteiger partial charge in [0.05, 0.1) is 17.2 Å². The zero-order chi connectivity index (χ0) is 23.5. The van der Waals surface area contributed by atoms with Crippen LogP contribution in [0.5, 0.6) is 0 Å². The van der Waals surface area contributed by atoms with E-state index in [2.05, 4.69) is 10.6 Å². The number of carbonyl (C=O) groups excluding carboxylic acids is 3. The minimum absolute atomic E-state index is 0.0967. The smallest absolute Gasteiger partial charge is 0.315 e. The van der Waals surface area contributed by atoms with Crippen LogP contribution in [0.4, 0.5) is 28.9 Å². The molecule has 0 saturated heterocycles. The van der Waals surface area contributed by atoms with E-state index in [1.54, 1.807) is 0 Å². The molecule has 0 aromatic heterocycles. The van der Waals surface area contributed by atoms with Crippen molar-refractivity contribution in [3.63, 3.8) is 0 Å². The molecule has 2 unspecified atom stereocenters. The quantitative estimate of drug-likeness (QED) is 0.501. The van der Waals surface area contributed by atoms with Gasteiger partial charge in [-0.05, 0) is 32.0 Å². The number of carboxylic acids is 1. The van der Waals surface area contributed by atoms with Crippen LogP contribution >= 0.6 is 0 Å². The van der Waals surface area contributed by atoms with Gasteiger partial charge in [-0.25, -0.2) is 17.6 Å². The van der Waals surface area contributed by atoms with Crippen molar-refractivity contribution in [3.05, 3.63) is 59.2 Å². The molecule has 2 aromatic rings. The van der Waals surface area contributed by atoms with E-state index in [1.165, 1.54) is 13.8 Å². The first-order chi connectivity index (χ1) is 14.4. The fourth-order valence-electron chi connectivity index (χ4n) is 2.49. The molecule has 2 amide bonds. The number of benzene rings is 2. The number of halogens is 4. The first-order valence-corrected chi connectivity index (χ1v) is 8.74. The number of hydrogen-bond donors (Lipinski definition) is 3. The third-order valence-corrected chi connectivity index (χ3v) is 4.24. The summed E-state index contributed by atoms with van der Waals surface area (Å²) >= 11 is 0. The van der Waals surface area contributed by atoms with Crippen LogP contribution in [0.1, 0.15) is 24.2 Å². The number of aliphatic carboxylic acids is 1. The van der Waals surface area contributed by atoms with Gasteiger partial charge in [0.1, 0.15) is 29.2 Å². The average Bonchev–Trinajstić information content (AvgIpc) is 2.64. The van der Waals surface area contributed by atoms with Crippen molar-refractivity contribution >= 4 is 34.9 Å². The zero-order valence-corrected chi connectivity index (χ0v) is 16.1. The number of rotatable bonds is 3. The standard InChI is InChI=1S/C10H9F2NO3.C10H7F2NO2/c1-5(10(15)16)9(14)13-8-3-6(11)2-7(12)4-8;1-4-9(14)8-6(12)2-5(11)3-7(8)13-10(4)15/h2-5H,1H3,(H,13,14)(H,15,16);2-4H,1H3,(H,13,15). The van der Waals surface area contributed by atoms with Crippen LogP contribution in [-0.2, 0) is 14.4 Å². The van der Waals surface area contributed by atoms with Gasteiger partial charge in [0.25, 0.3) is 0 Å². The fourth-order valence-corrected chi connectivity index (χ4v) is 2.49.